The first-order valence-electron chi connectivity index (χ1n) is 4.95. The third-order valence-corrected chi connectivity index (χ3v) is 2.10. The average molecular weight is 193 g/mol. The number of aromatic nitrogens is 1. The molecule has 4 nitrogen and oxygen atoms in total. The lowest BCUT2D eigenvalue weighted by Gasteiger charge is -2.08. The van der Waals surface area contributed by atoms with Gasteiger partial charge in [0.2, 0.25) is 5.88 Å². The molecule has 0 atom stereocenters. The smallest absolute Gasteiger partial charge is 0.239 e. The summed E-state index contributed by atoms with van der Waals surface area (Å²) in [5, 5.41) is 3.30. The molecule has 1 aliphatic carbocycles. The molecule has 0 aromatic carbocycles. The highest BCUT2D eigenvalue weighted by atomic mass is 16.5. The first-order chi connectivity index (χ1) is 6.79. The maximum atomic E-state index is 5.71. The van der Waals surface area contributed by atoms with Crippen molar-refractivity contribution in [2.24, 2.45) is 0 Å². The highest BCUT2D eigenvalue weighted by Gasteiger charge is 2.21. The van der Waals surface area contributed by atoms with E-state index in [0.717, 1.165) is 5.82 Å². The van der Waals surface area contributed by atoms with Crippen molar-refractivity contribution in [3.05, 3.63) is 12.1 Å². The standard InChI is InChI=1S/C10H15N3O/c1-2-14-10-8(11)5-6-9(13-10)12-7-3-4-7/h5-7H,2-4,11H2,1H3,(H,12,13). The second-order valence-electron chi connectivity index (χ2n) is 3.44. The molecule has 0 bridgehead atoms. The summed E-state index contributed by atoms with van der Waals surface area (Å²) in [4.78, 5) is 4.28. The normalized spacial score (nSPS) is 15.2. The molecule has 1 aromatic rings. The zero-order valence-corrected chi connectivity index (χ0v) is 8.29. The quantitative estimate of drug-likeness (QED) is 0.763. The molecule has 0 amide bonds. The lowest BCUT2D eigenvalue weighted by atomic mass is 10.4. The van der Waals surface area contributed by atoms with Crippen molar-refractivity contribution >= 4 is 11.5 Å². The number of ether oxygens (including phenoxy) is 1. The van der Waals surface area contributed by atoms with E-state index in [0.29, 0.717) is 24.2 Å². The Bertz CT molecular complexity index is 323. The van der Waals surface area contributed by atoms with Gasteiger partial charge in [-0.3, -0.25) is 0 Å². The number of nitrogens with two attached hydrogens (primary N) is 1. The second-order valence-corrected chi connectivity index (χ2v) is 3.44. The van der Waals surface area contributed by atoms with Crippen LogP contribution in [0.15, 0.2) is 12.1 Å². The highest BCUT2D eigenvalue weighted by molar-refractivity contribution is 5.54. The predicted molar refractivity (Wildman–Crippen MR) is 56.5 cm³/mol. The molecule has 3 N–H and O–H groups in total. The van der Waals surface area contributed by atoms with E-state index in [4.69, 9.17) is 10.5 Å². The number of hydrogen-bond donors (Lipinski definition) is 2. The Morgan fingerprint density at radius 1 is 1.57 bits per heavy atom. The van der Waals surface area contributed by atoms with Gasteiger partial charge in [0.05, 0.1) is 12.3 Å². The van der Waals surface area contributed by atoms with Gasteiger partial charge in [0, 0.05) is 6.04 Å². The summed E-state index contributed by atoms with van der Waals surface area (Å²) in [6.45, 7) is 2.51. The Balaban J connectivity index is 2.11. The fourth-order valence-electron chi connectivity index (χ4n) is 1.22. The Morgan fingerprint density at radius 2 is 2.36 bits per heavy atom. The molecular formula is C10H15N3O. The van der Waals surface area contributed by atoms with E-state index in [1.165, 1.54) is 12.8 Å². The van der Waals surface area contributed by atoms with Crippen molar-refractivity contribution < 1.29 is 4.74 Å². The van der Waals surface area contributed by atoms with Gasteiger partial charge in [-0.25, -0.2) is 0 Å². The van der Waals surface area contributed by atoms with Gasteiger partial charge >= 0.3 is 0 Å². The molecule has 0 radical (unpaired) electrons. The summed E-state index contributed by atoms with van der Waals surface area (Å²) < 4.78 is 5.30. The molecule has 0 spiro atoms. The van der Waals surface area contributed by atoms with E-state index in [1.807, 2.05) is 19.1 Å². The minimum Gasteiger partial charge on any atom is -0.476 e. The molecule has 0 saturated heterocycles. The Hall–Kier alpha value is -1.45. The molecule has 1 aliphatic rings. The van der Waals surface area contributed by atoms with Gasteiger partial charge < -0.3 is 15.8 Å². The Morgan fingerprint density at radius 3 is 3.00 bits per heavy atom. The van der Waals surface area contributed by atoms with Crippen LogP contribution in [-0.4, -0.2) is 17.6 Å². The van der Waals surface area contributed by atoms with Crippen LogP contribution in [0, 0.1) is 0 Å². The van der Waals surface area contributed by atoms with E-state index in [1.54, 1.807) is 0 Å². The van der Waals surface area contributed by atoms with Gasteiger partial charge in [-0.2, -0.15) is 4.98 Å². The molecule has 76 valence electrons. The first kappa shape index (κ1) is 9.12. The SMILES string of the molecule is CCOc1nc(NC2CC2)ccc1N. The fraction of sp³-hybridized carbons (Fsp3) is 0.500. The van der Waals surface area contributed by atoms with Crippen molar-refractivity contribution in [2.45, 2.75) is 25.8 Å². The molecule has 14 heavy (non-hydrogen) atoms. The van der Waals surface area contributed by atoms with Crippen LogP contribution in [0.25, 0.3) is 0 Å². The number of anilines is 2. The monoisotopic (exact) mass is 193 g/mol. The second kappa shape index (κ2) is 3.74. The average Bonchev–Trinajstić information content (AvgIpc) is 2.95. The van der Waals surface area contributed by atoms with E-state index in [9.17, 15) is 0 Å². The van der Waals surface area contributed by atoms with Gasteiger partial charge in [-0.05, 0) is 31.9 Å². The largest absolute Gasteiger partial charge is 0.476 e. The third-order valence-electron chi connectivity index (χ3n) is 2.10. The van der Waals surface area contributed by atoms with Crippen LogP contribution >= 0.6 is 0 Å². The van der Waals surface area contributed by atoms with Gasteiger partial charge in [-0.1, -0.05) is 0 Å². The molecule has 1 fully saturated rings. The number of pyridine rings is 1. The summed E-state index contributed by atoms with van der Waals surface area (Å²) in [7, 11) is 0. The van der Waals surface area contributed by atoms with E-state index in [-0.39, 0.29) is 0 Å². The number of hydrogen-bond acceptors (Lipinski definition) is 4. The van der Waals surface area contributed by atoms with Gasteiger partial charge in [0.25, 0.3) is 0 Å². The number of nitrogens with zero attached hydrogens (tertiary/aromatic N) is 1. The molecular weight excluding hydrogens is 178 g/mol. The first-order valence-corrected chi connectivity index (χ1v) is 4.95. The summed E-state index contributed by atoms with van der Waals surface area (Å²) in [6, 6.07) is 4.31. The van der Waals surface area contributed by atoms with Crippen molar-refractivity contribution in [1.29, 1.82) is 0 Å². The molecule has 4 heteroatoms. The van der Waals surface area contributed by atoms with E-state index in [2.05, 4.69) is 10.3 Å². The van der Waals surface area contributed by atoms with Crippen LogP contribution in [0.5, 0.6) is 5.88 Å². The predicted octanol–water partition coefficient (Wildman–Crippen LogP) is 1.64. The third kappa shape index (κ3) is 2.07. The van der Waals surface area contributed by atoms with Crippen LogP contribution in [-0.2, 0) is 0 Å². The highest BCUT2D eigenvalue weighted by Crippen LogP contribution is 2.26. The van der Waals surface area contributed by atoms with Gasteiger partial charge in [-0.15, -0.1) is 0 Å². The van der Waals surface area contributed by atoms with Crippen LogP contribution in [0.2, 0.25) is 0 Å². The van der Waals surface area contributed by atoms with Gasteiger partial charge in [0.1, 0.15) is 5.82 Å². The van der Waals surface area contributed by atoms with Crippen LogP contribution in [0.3, 0.4) is 0 Å². The van der Waals surface area contributed by atoms with Crippen LogP contribution in [0.4, 0.5) is 11.5 Å². The van der Waals surface area contributed by atoms with Crippen molar-refractivity contribution in [1.82, 2.24) is 4.98 Å². The summed E-state index contributed by atoms with van der Waals surface area (Å²) in [5.41, 5.74) is 6.30. The van der Waals surface area contributed by atoms with Crippen molar-refractivity contribution in [2.75, 3.05) is 17.7 Å². The Kier molecular flexibility index (Phi) is 2.43. The topological polar surface area (TPSA) is 60.2 Å². The maximum Gasteiger partial charge on any atom is 0.239 e. The molecule has 1 aromatic heterocycles. The molecule has 2 rings (SSSR count). The summed E-state index contributed by atoms with van der Waals surface area (Å²) in [6.07, 6.45) is 2.46. The van der Waals surface area contributed by atoms with Crippen molar-refractivity contribution in [3.63, 3.8) is 0 Å². The number of rotatable bonds is 4. The van der Waals surface area contributed by atoms with Crippen molar-refractivity contribution in [3.8, 4) is 5.88 Å². The fourth-order valence-corrected chi connectivity index (χ4v) is 1.22. The minimum absolute atomic E-state index is 0.526. The number of nitrogen functional groups attached to an aromatic ring is 1. The minimum atomic E-state index is 0.526. The van der Waals surface area contributed by atoms with E-state index >= 15 is 0 Å². The summed E-state index contributed by atoms with van der Waals surface area (Å²) >= 11 is 0. The lowest BCUT2D eigenvalue weighted by Crippen LogP contribution is -2.06. The number of nitrogens with one attached hydrogen (secondary N) is 1. The molecule has 1 saturated carbocycles. The molecule has 0 unspecified atom stereocenters. The molecule has 1 heterocycles. The van der Waals surface area contributed by atoms with Crippen LogP contribution < -0.4 is 15.8 Å². The Labute approximate surface area is 83.5 Å². The van der Waals surface area contributed by atoms with Crippen LogP contribution in [0.1, 0.15) is 19.8 Å². The summed E-state index contributed by atoms with van der Waals surface area (Å²) in [5.74, 6) is 1.38. The maximum absolute atomic E-state index is 5.71. The zero-order valence-electron chi connectivity index (χ0n) is 8.29. The van der Waals surface area contributed by atoms with E-state index < -0.39 is 0 Å². The lowest BCUT2D eigenvalue weighted by molar-refractivity contribution is 0.329. The molecule has 0 aliphatic heterocycles. The van der Waals surface area contributed by atoms with Gasteiger partial charge in [0.15, 0.2) is 0 Å². The zero-order chi connectivity index (χ0) is 9.97.